The fraction of sp³-hybridized carbons (Fsp3) is 0.176. The molecule has 120 valence electrons. The van der Waals surface area contributed by atoms with Gasteiger partial charge in [-0.1, -0.05) is 30.3 Å². The average molecular weight is 378 g/mol. The monoisotopic (exact) mass is 377 g/mol. The van der Waals surface area contributed by atoms with Crippen molar-refractivity contribution in [2.75, 3.05) is 13.7 Å². The summed E-state index contributed by atoms with van der Waals surface area (Å²) in [6.07, 6.45) is 0. The first-order valence-corrected chi connectivity index (χ1v) is 7.70. The van der Waals surface area contributed by atoms with Crippen LogP contribution >= 0.6 is 15.9 Å². The van der Waals surface area contributed by atoms with Crippen LogP contribution in [0.5, 0.6) is 5.75 Å². The topological polar surface area (TPSA) is 64.6 Å². The zero-order valence-corrected chi connectivity index (χ0v) is 14.1. The van der Waals surface area contributed by atoms with E-state index >= 15 is 0 Å². The maximum absolute atomic E-state index is 11.8. The van der Waals surface area contributed by atoms with Crippen LogP contribution < -0.4 is 10.1 Å². The van der Waals surface area contributed by atoms with Crippen molar-refractivity contribution in [2.45, 2.75) is 6.54 Å². The maximum Gasteiger partial charge on any atom is 0.337 e. The number of amides is 1. The van der Waals surface area contributed by atoms with E-state index in [9.17, 15) is 9.59 Å². The van der Waals surface area contributed by atoms with Gasteiger partial charge in [0.2, 0.25) is 0 Å². The lowest BCUT2D eigenvalue weighted by atomic mass is 10.2. The molecule has 0 bridgehead atoms. The number of ether oxygens (including phenoxy) is 2. The minimum Gasteiger partial charge on any atom is -0.483 e. The minimum absolute atomic E-state index is 0.108. The number of methoxy groups -OCH3 is 1. The second-order valence-electron chi connectivity index (χ2n) is 4.69. The Kier molecular flexibility index (Phi) is 6.17. The molecule has 2 aromatic carbocycles. The molecule has 0 aliphatic heterocycles. The van der Waals surface area contributed by atoms with Gasteiger partial charge in [-0.05, 0) is 39.7 Å². The summed E-state index contributed by atoms with van der Waals surface area (Å²) in [4.78, 5) is 23.2. The van der Waals surface area contributed by atoms with Crippen molar-refractivity contribution in [2.24, 2.45) is 0 Å². The van der Waals surface area contributed by atoms with Crippen molar-refractivity contribution in [3.63, 3.8) is 0 Å². The molecule has 6 heteroatoms. The smallest absolute Gasteiger partial charge is 0.337 e. The molecule has 0 radical (unpaired) electrons. The lowest BCUT2D eigenvalue weighted by Gasteiger charge is -2.10. The number of nitrogens with one attached hydrogen (secondary N) is 1. The summed E-state index contributed by atoms with van der Waals surface area (Å²) in [6.45, 7) is 0.342. The summed E-state index contributed by atoms with van der Waals surface area (Å²) in [5.41, 5.74) is 1.42. The molecule has 1 N–H and O–H groups in total. The van der Waals surface area contributed by atoms with Gasteiger partial charge in [0, 0.05) is 6.54 Å². The van der Waals surface area contributed by atoms with E-state index in [0.717, 1.165) is 5.56 Å². The molecular weight excluding hydrogens is 362 g/mol. The Balaban J connectivity index is 1.85. The highest BCUT2D eigenvalue weighted by molar-refractivity contribution is 9.10. The second-order valence-corrected chi connectivity index (χ2v) is 5.54. The quantitative estimate of drug-likeness (QED) is 0.786. The van der Waals surface area contributed by atoms with Crippen molar-refractivity contribution in [1.82, 2.24) is 5.32 Å². The van der Waals surface area contributed by atoms with Crippen LogP contribution in [0.15, 0.2) is 53.0 Å². The lowest BCUT2D eigenvalue weighted by molar-refractivity contribution is -0.123. The van der Waals surface area contributed by atoms with Crippen molar-refractivity contribution < 1.29 is 19.1 Å². The third kappa shape index (κ3) is 5.10. The molecule has 0 aliphatic carbocycles. The average Bonchev–Trinajstić information content (AvgIpc) is 2.59. The molecule has 0 saturated carbocycles. The van der Waals surface area contributed by atoms with Gasteiger partial charge in [-0.25, -0.2) is 4.79 Å². The van der Waals surface area contributed by atoms with Gasteiger partial charge in [-0.15, -0.1) is 0 Å². The molecule has 2 rings (SSSR count). The van der Waals surface area contributed by atoms with E-state index in [0.29, 0.717) is 22.3 Å². The predicted molar refractivity (Wildman–Crippen MR) is 89.3 cm³/mol. The molecule has 2 aromatic rings. The predicted octanol–water partition coefficient (Wildman–Crippen LogP) is 2.93. The number of carbonyl (C=O) groups excluding carboxylic acids is 2. The molecule has 1 amide bonds. The van der Waals surface area contributed by atoms with Gasteiger partial charge < -0.3 is 14.8 Å². The van der Waals surface area contributed by atoms with Gasteiger partial charge in [0.05, 0.1) is 17.1 Å². The Hall–Kier alpha value is -2.34. The van der Waals surface area contributed by atoms with Crippen LogP contribution in [0.1, 0.15) is 15.9 Å². The summed E-state index contributed by atoms with van der Waals surface area (Å²) in [7, 11) is 1.32. The van der Waals surface area contributed by atoms with E-state index in [1.54, 1.807) is 18.2 Å². The van der Waals surface area contributed by atoms with Crippen LogP contribution in [-0.2, 0) is 16.1 Å². The Morgan fingerprint density at radius 2 is 1.87 bits per heavy atom. The SMILES string of the molecule is COC(=O)c1ccc(OCC(=O)NCc2ccccc2)c(Br)c1. The molecule has 0 spiro atoms. The van der Waals surface area contributed by atoms with Gasteiger partial charge in [0.25, 0.3) is 5.91 Å². The summed E-state index contributed by atoms with van der Waals surface area (Å²) >= 11 is 3.31. The molecule has 0 fully saturated rings. The Morgan fingerprint density at radius 3 is 2.52 bits per heavy atom. The molecule has 0 aliphatic rings. The number of carbonyl (C=O) groups is 2. The maximum atomic E-state index is 11.8. The van der Waals surface area contributed by atoms with Gasteiger partial charge in [-0.2, -0.15) is 0 Å². The highest BCUT2D eigenvalue weighted by Crippen LogP contribution is 2.26. The molecule has 0 atom stereocenters. The van der Waals surface area contributed by atoms with Crippen LogP contribution in [0.25, 0.3) is 0 Å². The fourth-order valence-electron chi connectivity index (χ4n) is 1.85. The van der Waals surface area contributed by atoms with Gasteiger partial charge in [0.15, 0.2) is 6.61 Å². The first-order chi connectivity index (χ1) is 11.1. The molecule has 23 heavy (non-hydrogen) atoms. The van der Waals surface area contributed by atoms with Crippen molar-refractivity contribution in [3.8, 4) is 5.75 Å². The van der Waals surface area contributed by atoms with Crippen LogP contribution in [0.3, 0.4) is 0 Å². The first kappa shape index (κ1) is 17.0. The lowest BCUT2D eigenvalue weighted by Crippen LogP contribution is -2.28. The third-order valence-electron chi connectivity index (χ3n) is 3.04. The van der Waals surface area contributed by atoms with Crippen LogP contribution in [0.4, 0.5) is 0 Å². The Morgan fingerprint density at radius 1 is 1.13 bits per heavy atom. The number of rotatable bonds is 6. The molecule has 5 nitrogen and oxygen atoms in total. The van der Waals surface area contributed by atoms with Gasteiger partial charge >= 0.3 is 5.97 Å². The summed E-state index contributed by atoms with van der Waals surface area (Å²) in [6, 6.07) is 14.4. The molecule has 0 heterocycles. The van der Waals surface area contributed by atoms with E-state index in [-0.39, 0.29) is 12.5 Å². The van der Waals surface area contributed by atoms with E-state index in [2.05, 4.69) is 26.0 Å². The summed E-state index contributed by atoms with van der Waals surface area (Å²) < 4.78 is 10.7. The molecule has 0 aromatic heterocycles. The van der Waals surface area contributed by atoms with Crippen LogP contribution in [-0.4, -0.2) is 25.6 Å². The van der Waals surface area contributed by atoms with Crippen molar-refractivity contribution >= 4 is 27.8 Å². The largest absolute Gasteiger partial charge is 0.483 e. The number of hydrogen-bond donors (Lipinski definition) is 1. The van der Waals surface area contributed by atoms with E-state index < -0.39 is 5.97 Å². The Labute approximate surface area is 142 Å². The molecule has 0 unspecified atom stereocenters. The van der Waals surface area contributed by atoms with Crippen molar-refractivity contribution in [3.05, 3.63) is 64.1 Å². The van der Waals surface area contributed by atoms with E-state index in [4.69, 9.17) is 4.74 Å². The Bertz CT molecular complexity index is 688. The highest BCUT2D eigenvalue weighted by atomic mass is 79.9. The first-order valence-electron chi connectivity index (χ1n) is 6.91. The fourth-order valence-corrected chi connectivity index (χ4v) is 2.35. The van der Waals surface area contributed by atoms with E-state index in [1.165, 1.54) is 7.11 Å². The highest BCUT2D eigenvalue weighted by Gasteiger charge is 2.10. The van der Waals surface area contributed by atoms with Crippen LogP contribution in [0.2, 0.25) is 0 Å². The second kappa shape index (κ2) is 8.33. The van der Waals surface area contributed by atoms with E-state index in [1.807, 2.05) is 30.3 Å². The molecule has 0 saturated heterocycles. The number of hydrogen-bond acceptors (Lipinski definition) is 4. The third-order valence-corrected chi connectivity index (χ3v) is 3.66. The number of esters is 1. The number of halogens is 1. The standard InChI is InChI=1S/C17H16BrNO4/c1-22-17(21)13-7-8-15(14(18)9-13)23-11-16(20)19-10-12-5-3-2-4-6-12/h2-9H,10-11H2,1H3,(H,19,20). The summed E-state index contributed by atoms with van der Waals surface area (Å²) in [5.74, 6) is -0.178. The number of benzene rings is 2. The zero-order valence-electron chi connectivity index (χ0n) is 12.5. The minimum atomic E-state index is -0.433. The molecular formula is C17H16BrNO4. The summed E-state index contributed by atoms with van der Waals surface area (Å²) in [5, 5.41) is 2.77. The van der Waals surface area contributed by atoms with Gasteiger partial charge in [0.1, 0.15) is 5.75 Å². The normalized spacial score (nSPS) is 10.0. The zero-order chi connectivity index (χ0) is 16.7. The van der Waals surface area contributed by atoms with Gasteiger partial charge in [-0.3, -0.25) is 4.79 Å². The van der Waals surface area contributed by atoms with Crippen molar-refractivity contribution in [1.29, 1.82) is 0 Å². The van der Waals surface area contributed by atoms with Crippen LogP contribution in [0, 0.1) is 0 Å².